The molecule has 2 nitrogen and oxygen atoms in total. The summed E-state index contributed by atoms with van der Waals surface area (Å²) in [6.07, 6.45) is 3.25. The smallest absolute Gasteiger partial charge is 0.0880 e. The Bertz CT molecular complexity index is 177. The van der Waals surface area contributed by atoms with Crippen molar-refractivity contribution in [1.82, 2.24) is 0 Å². The van der Waals surface area contributed by atoms with E-state index in [0.29, 0.717) is 5.92 Å². The molecule has 0 amide bonds. The third kappa shape index (κ3) is 1.27. The van der Waals surface area contributed by atoms with Crippen LogP contribution in [0.5, 0.6) is 0 Å². The fourth-order valence-electron chi connectivity index (χ4n) is 2.45. The molecule has 0 aromatic carbocycles. The fraction of sp³-hybridized carbons (Fsp3) is 1.00. The van der Waals surface area contributed by atoms with Crippen molar-refractivity contribution in [2.45, 2.75) is 44.8 Å². The van der Waals surface area contributed by atoms with Crippen LogP contribution in [0.2, 0.25) is 0 Å². The Morgan fingerprint density at radius 3 is 3.00 bits per heavy atom. The quantitative estimate of drug-likeness (QED) is 0.598. The Kier molecular flexibility index (Phi) is 1.92. The summed E-state index contributed by atoms with van der Waals surface area (Å²) in [5.41, 5.74) is -0.559. The van der Waals surface area contributed by atoms with E-state index in [-0.39, 0.29) is 6.10 Å². The summed E-state index contributed by atoms with van der Waals surface area (Å²) in [5, 5.41) is 9.95. The maximum absolute atomic E-state index is 9.95. The van der Waals surface area contributed by atoms with Crippen LogP contribution in [0.15, 0.2) is 0 Å². The highest BCUT2D eigenvalue weighted by molar-refractivity contribution is 4.94. The molecule has 0 unspecified atom stereocenters. The summed E-state index contributed by atoms with van der Waals surface area (Å²) in [7, 11) is 0. The van der Waals surface area contributed by atoms with Gasteiger partial charge in [0, 0.05) is 6.61 Å². The predicted octanol–water partition coefficient (Wildman–Crippen LogP) is 1.57. The summed E-state index contributed by atoms with van der Waals surface area (Å²) in [6, 6.07) is 0. The minimum Gasteiger partial charge on any atom is -0.387 e. The number of aliphatic hydroxyl groups is 1. The molecule has 70 valence electrons. The second-order valence-electron chi connectivity index (χ2n) is 4.69. The van der Waals surface area contributed by atoms with E-state index in [1.54, 1.807) is 0 Å². The van der Waals surface area contributed by atoms with Crippen molar-refractivity contribution < 1.29 is 9.84 Å². The van der Waals surface area contributed by atoms with Crippen molar-refractivity contribution in [1.29, 1.82) is 0 Å². The standard InChI is InChI=1S/C10H18O2/c1-7-6-12-9-5-8(7)3-4-10(9,2)11/h7-9,11H,3-6H2,1-2H3/t7-,8+,9+,10+/m0/s1. The van der Waals surface area contributed by atoms with E-state index in [9.17, 15) is 5.11 Å². The lowest BCUT2D eigenvalue weighted by molar-refractivity contribution is -0.172. The van der Waals surface area contributed by atoms with Crippen LogP contribution in [0.3, 0.4) is 0 Å². The number of hydrogen-bond acceptors (Lipinski definition) is 2. The molecule has 4 atom stereocenters. The molecule has 1 saturated carbocycles. The van der Waals surface area contributed by atoms with Gasteiger partial charge < -0.3 is 9.84 Å². The van der Waals surface area contributed by atoms with Crippen LogP contribution < -0.4 is 0 Å². The monoisotopic (exact) mass is 170 g/mol. The van der Waals surface area contributed by atoms with E-state index in [2.05, 4.69) is 6.92 Å². The van der Waals surface area contributed by atoms with Crippen LogP contribution in [0.4, 0.5) is 0 Å². The van der Waals surface area contributed by atoms with E-state index in [0.717, 1.165) is 25.4 Å². The van der Waals surface area contributed by atoms with Gasteiger partial charge >= 0.3 is 0 Å². The Hall–Kier alpha value is -0.0800. The average molecular weight is 170 g/mol. The summed E-state index contributed by atoms with van der Waals surface area (Å²) in [6.45, 7) is 5.00. The minimum absolute atomic E-state index is 0.104. The van der Waals surface area contributed by atoms with E-state index < -0.39 is 5.60 Å². The first-order chi connectivity index (χ1) is 5.59. The number of ether oxygens (including phenoxy) is 1. The first-order valence-corrected chi connectivity index (χ1v) is 4.93. The van der Waals surface area contributed by atoms with Gasteiger partial charge in [0.2, 0.25) is 0 Å². The number of fused-ring (bicyclic) bond motifs is 2. The van der Waals surface area contributed by atoms with Gasteiger partial charge in [0.15, 0.2) is 0 Å². The van der Waals surface area contributed by atoms with Crippen LogP contribution in [-0.2, 0) is 4.74 Å². The zero-order chi connectivity index (χ0) is 8.77. The van der Waals surface area contributed by atoms with Gasteiger partial charge in [0.1, 0.15) is 0 Å². The molecule has 2 fully saturated rings. The SMILES string of the molecule is C[C@H]1CO[C@@H]2C[C@H]1CC[C@@]2(C)O. The Labute approximate surface area is 73.9 Å². The fourth-order valence-corrected chi connectivity index (χ4v) is 2.45. The first kappa shape index (κ1) is 8.52. The second-order valence-corrected chi connectivity index (χ2v) is 4.69. The molecule has 2 aliphatic rings. The topological polar surface area (TPSA) is 29.5 Å². The van der Waals surface area contributed by atoms with Crippen LogP contribution in [0.1, 0.15) is 33.1 Å². The minimum atomic E-state index is -0.559. The summed E-state index contributed by atoms with van der Waals surface area (Å²) < 4.78 is 5.63. The molecule has 2 bridgehead atoms. The van der Waals surface area contributed by atoms with E-state index >= 15 is 0 Å². The average Bonchev–Trinajstić information content (AvgIpc) is 2.02. The van der Waals surface area contributed by atoms with Crippen molar-refractivity contribution in [3.8, 4) is 0 Å². The van der Waals surface area contributed by atoms with E-state index in [1.807, 2.05) is 6.92 Å². The van der Waals surface area contributed by atoms with Gasteiger partial charge in [0.25, 0.3) is 0 Å². The third-order valence-corrected chi connectivity index (χ3v) is 3.60. The summed E-state index contributed by atoms with van der Waals surface area (Å²) in [5.74, 6) is 1.49. The molecule has 1 saturated heterocycles. The zero-order valence-electron chi connectivity index (χ0n) is 7.92. The molecule has 1 aliphatic heterocycles. The Morgan fingerprint density at radius 1 is 1.50 bits per heavy atom. The molecule has 1 N–H and O–H groups in total. The molecule has 0 spiro atoms. The highest BCUT2D eigenvalue weighted by Gasteiger charge is 2.43. The van der Waals surface area contributed by atoms with Gasteiger partial charge in [-0.3, -0.25) is 0 Å². The van der Waals surface area contributed by atoms with Crippen LogP contribution >= 0.6 is 0 Å². The van der Waals surface area contributed by atoms with Crippen LogP contribution in [-0.4, -0.2) is 23.4 Å². The largest absolute Gasteiger partial charge is 0.387 e. The normalized spacial score (nSPS) is 53.8. The maximum atomic E-state index is 9.95. The van der Waals surface area contributed by atoms with Crippen molar-refractivity contribution in [3.05, 3.63) is 0 Å². The number of hydrogen-bond donors (Lipinski definition) is 1. The molecule has 2 heteroatoms. The molecule has 12 heavy (non-hydrogen) atoms. The second kappa shape index (κ2) is 2.71. The molecule has 1 heterocycles. The highest BCUT2D eigenvalue weighted by atomic mass is 16.5. The lowest BCUT2D eigenvalue weighted by atomic mass is 9.71. The molecule has 0 aromatic heterocycles. The Balaban J connectivity index is 2.09. The molecule has 0 radical (unpaired) electrons. The molecule has 1 aliphatic carbocycles. The van der Waals surface area contributed by atoms with Crippen LogP contribution in [0, 0.1) is 11.8 Å². The highest BCUT2D eigenvalue weighted by Crippen LogP contribution is 2.41. The van der Waals surface area contributed by atoms with Gasteiger partial charge in [0.05, 0.1) is 11.7 Å². The van der Waals surface area contributed by atoms with Gasteiger partial charge in [-0.1, -0.05) is 6.92 Å². The van der Waals surface area contributed by atoms with E-state index in [4.69, 9.17) is 4.74 Å². The first-order valence-electron chi connectivity index (χ1n) is 4.93. The van der Waals surface area contributed by atoms with Gasteiger partial charge in [-0.2, -0.15) is 0 Å². The van der Waals surface area contributed by atoms with Crippen molar-refractivity contribution >= 4 is 0 Å². The van der Waals surface area contributed by atoms with Crippen LogP contribution in [0.25, 0.3) is 0 Å². The van der Waals surface area contributed by atoms with E-state index in [1.165, 1.54) is 6.42 Å². The van der Waals surface area contributed by atoms with Gasteiger partial charge in [-0.25, -0.2) is 0 Å². The summed E-state index contributed by atoms with van der Waals surface area (Å²) >= 11 is 0. The summed E-state index contributed by atoms with van der Waals surface area (Å²) in [4.78, 5) is 0. The Morgan fingerprint density at radius 2 is 2.25 bits per heavy atom. The van der Waals surface area contributed by atoms with Crippen molar-refractivity contribution in [3.63, 3.8) is 0 Å². The molecular formula is C10H18O2. The third-order valence-electron chi connectivity index (χ3n) is 3.60. The molecule has 0 aromatic rings. The number of rotatable bonds is 0. The molecule has 2 rings (SSSR count). The lowest BCUT2D eigenvalue weighted by Crippen LogP contribution is -2.51. The predicted molar refractivity (Wildman–Crippen MR) is 46.9 cm³/mol. The van der Waals surface area contributed by atoms with Crippen molar-refractivity contribution in [2.75, 3.05) is 6.61 Å². The maximum Gasteiger partial charge on any atom is 0.0880 e. The van der Waals surface area contributed by atoms with Gasteiger partial charge in [-0.05, 0) is 38.0 Å². The van der Waals surface area contributed by atoms with Crippen molar-refractivity contribution in [2.24, 2.45) is 11.8 Å². The van der Waals surface area contributed by atoms with Gasteiger partial charge in [-0.15, -0.1) is 0 Å². The lowest BCUT2D eigenvalue weighted by Gasteiger charge is -2.46. The zero-order valence-corrected chi connectivity index (χ0v) is 7.92. The molecular weight excluding hydrogens is 152 g/mol.